The van der Waals surface area contributed by atoms with E-state index in [4.69, 9.17) is 0 Å². The van der Waals surface area contributed by atoms with Gasteiger partial charge in [-0.15, -0.1) is 11.3 Å². The number of carboxylic acid groups (broad SMARTS) is 1. The summed E-state index contributed by atoms with van der Waals surface area (Å²) < 4.78 is 0. The Bertz CT molecular complexity index is 419. The summed E-state index contributed by atoms with van der Waals surface area (Å²) in [4.78, 5) is 15.7. The fourth-order valence-corrected chi connectivity index (χ4v) is 3.50. The third kappa shape index (κ3) is 4.01. The number of carbonyl (C=O) groups is 1. The molecule has 1 saturated carbocycles. The maximum Gasteiger partial charge on any atom is 0.306 e. The van der Waals surface area contributed by atoms with E-state index >= 15 is 0 Å². The van der Waals surface area contributed by atoms with Crippen LogP contribution in [0.5, 0.6) is 0 Å². The first kappa shape index (κ1) is 14.5. The van der Waals surface area contributed by atoms with Crippen molar-refractivity contribution in [1.29, 1.82) is 0 Å². The van der Waals surface area contributed by atoms with Crippen LogP contribution in [0.3, 0.4) is 0 Å². The third-order valence-electron chi connectivity index (χ3n) is 3.84. The number of hydrogen-bond donors (Lipinski definition) is 2. The maximum atomic E-state index is 11.2. The number of nitrogens with one attached hydrogen (secondary N) is 1. The molecular weight excluding hydrogens is 260 g/mol. The molecule has 1 aromatic heterocycles. The zero-order chi connectivity index (χ0) is 13.7. The maximum absolute atomic E-state index is 11.2. The van der Waals surface area contributed by atoms with Crippen molar-refractivity contribution in [2.75, 3.05) is 6.54 Å². The molecule has 0 aromatic carbocycles. The van der Waals surface area contributed by atoms with Crippen LogP contribution in [0.25, 0.3) is 0 Å². The van der Waals surface area contributed by atoms with Crippen LogP contribution in [0.4, 0.5) is 0 Å². The standard InChI is InChI=1S/C14H22N2O2S/c1-2-13-16-11(9-19-13)8-15-7-10-5-3-4-6-12(10)14(17)18/h9-10,12,15H,2-8H2,1H3,(H,17,18). The van der Waals surface area contributed by atoms with Gasteiger partial charge in [-0.05, 0) is 31.7 Å². The molecule has 0 radical (unpaired) electrons. The van der Waals surface area contributed by atoms with E-state index in [0.29, 0.717) is 0 Å². The Kier molecular flexibility index (Phi) is 5.34. The van der Waals surface area contributed by atoms with Gasteiger partial charge in [0.15, 0.2) is 0 Å². The lowest BCUT2D eigenvalue weighted by Gasteiger charge is -2.28. The van der Waals surface area contributed by atoms with Gasteiger partial charge in [0.05, 0.1) is 16.6 Å². The van der Waals surface area contributed by atoms with E-state index in [9.17, 15) is 9.90 Å². The van der Waals surface area contributed by atoms with Gasteiger partial charge in [-0.2, -0.15) is 0 Å². The van der Waals surface area contributed by atoms with Crippen LogP contribution in [0.1, 0.15) is 43.3 Å². The van der Waals surface area contributed by atoms with E-state index in [1.807, 2.05) is 0 Å². The second-order valence-electron chi connectivity index (χ2n) is 5.21. The number of rotatable bonds is 6. The average molecular weight is 282 g/mol. The zero-order valence-electron chi connectivity index (χ0n) is 11.4. The number of nitrogens with zero attached hydrogens (tertiary/aromatic N) is 1. The van der Waals surface area contributed by atoms with Gasteiger partial charge >= 0.3 is 5.97 Å². The number of hydrogen-bond acceptors (Lipinski definition) is 4. The van der Waals surface area contributed by atoms with E-state index < -0.39 is 5.97 Å². The van der Waals surface area contributed by atoms with Crippen molar-refractivity contribution in [3.63, 3.8) is 0 Å². The van der Waals surface area contributed by atoms with Crippen molar-refractivity contribution in [2.45, 2.75) is 45.6 Å². The molecule has 1 aromatic rings. The second-order valence-corrected chi connectivity index (χ2v) is 6.15. The highest BCUT2D eigenvalue weighted by Gasteiger charge is 2.30. The highest BCUT2D eigenvalue weighted by atomic mass is 32.1. The smallest absolute Gasteiger partial charge is 0.306 e. The molecule has 2 atom stereocenters. The second kappa shape index (κ2) is 7.01. The monoisotopic (exact) mass is 282 g/mol. The SMILES string of the molecule is CCc1nc(CNCC2CCCCC2C(=O)O)cs1. The lowest BCUT2D eigenvalue weighted by molar-refractivity contribution is -0.144. The third-order valence-corrected chi connectivity index (χ3v) is 4.88. The predicted octanol–water partition coefficient (Wildman–Crippen LogP) is 2.69. The van der Waals surface area contributed by atoms with Crippen LogP contribution in [0, 0.1) is 11.8 Å². The molecule has 1 aliphatic carbocycles. The quantitative estimate of drug-likeness (QED) is 0.842. The highest BCUT2D eigenvalue weighted by molar-refractivity contribution is 7.09. The van der Waals surface area contributed by atoms with E-state index in [1.54, 1.807) is 11.3 Å². The largest absolute Gasteiger partial charge is 0.481 e. The van der Waals surface area contributed by atoms with Gasteiger partial charge in [0.25, 0.3) is 0 Å². The predicted molar refractivity (Wildman–Crippen MR) is 76.3 cm³/mol. The Balaban J connectivity index is 1.79. The molecule has 106 valence electrons. The molecule has 0 bridgehead atoms. The fraction of sp³-hybridized carbons (Fsp3) is 0.714. The lowest BCUT2D eigenvalue weighted by Crippen LogP contribution is -2.34. The molecule has 2 unspecified atom stereocenters. The Hall–Kier alpha value is -0.940. The number of aromatic nitrogens is 1. The summed E-state index contributed by atoms with van der Waals surface area (Å²) in [5.74, 6) is -0.521. The Morgan fingerprint density at radius 3 is 3.00 bits per heavy atom. The summed E-state index contributed by atoms with van der Waals surface area (Å²) in [5, 5.41) is 15.8. The van der Waals surface area contributed by atoms with Gasteiger partial charge in [0, 0.05) is 11.9 Å². The number of aryl methyl sites for hydroxylation is 1. The van der Waals surface area contributed by atoms with Crippen molar-refractivity contribution in [3.8, 4) is 0 Å². The van der Waals surface area contributed by atoms with Crippen LogP contribution in [-0.2, 0) is 17.8 Å². The molecule has 19 heavy (non-hydrogen) atoms. The van der Waals surface area contributed by atoms with Gasteiger partial charge in [0.2, 0.25) is 0 Å². The van der Waals surface area contributed by atoms with E-state index in [1.165, 1.54) is 0 Å². The minimum atomic E-state index is -0.631. The van der Waals surface area contributed by atoms with Gasteiger partial charge in [-0.3, -0.25) is 4.79 Å². The van der Waals surface area contributed by atoms with Crippen LogP contribution < -0.4 is 5.32 Å². The van der Waals surface area contributed by atoms with Crippen LogP contribution in [-0.4, -0.2) is 22.6 Å². The fourth-order valence-electron chi connectivity index (χ4n) is 2.76. The molecule has 1 fully saturated rings. The van der Waals surface area contributed by atoms with Crippen molar-refractivity contribution in [1.82, 2.24) is 10.3 Å². The molecule has 5 heteroatoms. The highest BCUT2D eigenvalue weighted by Crippen LogP contribution is 2.29. The molecule has 0 saturated heterocycles. The first-order chi connectivity index (χ1) is 9.20. The van der Waals surface area contributed by atoms with E-state index in [0.717, 1.165) is 55.9 Å². The number of carboxylic acids is 1. The summed E-state index contributed by atoms with van der Waals surface area (Å²) >= 11 is 1.70. The molecule has 4 nitrogen and oxygen atoms in total. The van der Waals surface area contributed by atoms with E-state index in [-0.39, 0.29) is 11.8 Å². The molecular formula is C14H22N2O2S. The number of thiazole rings is 1. The molecule has 2 rings (SSSR count). The summed E-state index contributed by atoms with van der Waals surface area (Å²) in [6.45, 7) is 3.64. The lowest BCUT2D eigenvalue weighted by atomic mass is 9.79. The van der Waals surface area contributed by atoms with Crippen LogP contribution in [0.2, 0.25) is 0 Å². The van der Waals surface area contributed by atoms with E-state index in [2.05, 4.69) is 22.6 Å². The van der Waals surface area contributed by atoms with Gasteiger partial charge in [-0.1, -0.05) is 19.8 Å². The van der Waals surface area contributed by atoms with Crippen LogP contribution in [0.15, 0.2) is 5.38 Å². The molecule has 1 aliphatic rings. The summed E-state index contributed by atoms with van der Waals surface area (Å²) in [5.41, 5.74) is 1.07. The minimum absolute atomic E-state index is 0.164. The Labute approximate surface area is 118 Å². The minimum Gasteiger partial charge on any atom is -0.481 e. The summed E-state index contributed by atoms with van der Waals surface area (Å²) in [6, 6.07) is 0. The first-order valence-electron chi connectivity index (χ1n) is 7.07. The molecule has 0 aliphatic heterocycles. The summed E-state index contributed by atoms with van der Waals surface area (Å²) in [6.07, 6.45) is 5.06. The van der Waals surface area contributed by atoms with Gasteiger partial charge < -0.3 is 10.4 Å². The first-order valence-corrected chi connectivity index (χ1v) is 7.95. The van der Waals surface area contributed by atoms with Gasteiger partial charge in [0.1, 0.15) is 0 Å². The zero-order valence-corrected chi connectivity index (χ0v) is 12.2. The topological polar surface area (TPSA) is 62.2 Å². The Morgan fingerprint density at radius 2 is 2.32 bits per heavy atom. The van der Waals surface area contributed by atoms with Crippen LogP contribution >= 0.6 is 11.3 Å². The van der Waals surface area contributed by atoms with Gasteiger partial charge in [-0.25, -0.2) is 4.98 Å². The van der Waals surface area contributed by atoms with Crippen molar-refractivity contribution in [2.24, 2.45) is 11.8 Å². The van der Waals surface area contributed by atoms with Crippen molar-refractivity contribution < 1.29 is 9.90 Å². The molecule has 0 spiro atoms. The molecule has 1 heterocycles. The Morgan fingerprint density at radius 1 is 1.53 bits per heavy atom. The summed E-state index contributed by atoms with van der Waals surface area (Å²) in [7, 11) is 0. The average Bonchev–Trinajstić information content (AvgIpc) is 2.87. The number of aliphatic carboxylic acids is 1. The molecule has 2 N–H and O–H groups in total. The van der Waals surface area contributed by atoms with Crippen molar-refractivity contribution >= 4 is 17.3 Å². The molecule has 0 amide bonds. The normalized spacial score (nSPS) is 23.4. The van der Waals surface area contributed by atoms with Crippen molar-refractivity contribution in [3.05, 3.63) is 16.1 Å².